The second kappa shape index (κ2) is 7.17. The SMILES string of the molecule is CCc1nc(NC(=O)N(C)Cc2cccc(=O)[nH]2)sc1C(C)(C)C. The number of aryl methyl sites for hydroxylation is 1. The van der Waals surface area contributed by atoms with Gasteiger partial charge in [-0.25, -0.2) is 9.78 Å². The van der Waals surface area contributed by atoms with Crippen molar-refractivity contribution in [1.29, 1.82) is 0 Å². The van der Waals surface area contributed by atoms with Crippen LogP contribution in [0.1, 0.15) is 44.0 Å². The van der Waals surface area contributed by atoms with E-state index in [1.54, 1.807) is 19.2 Å². The van der Waals surface area contributed by atoms with Crippen LogP contribution in [0.4, 0.5) is 9.93 Å². The minimum absolute atomic E-state index is 0.00140. The standard InChI is InChI=1S/C17H24N4O2S/c1-6-12-14(17(2,3)4)24-15(19-12)20-16(23)21(5)10-11-8-7-9-13(22)18-11/h7-9H,6,10H2,1-5H3,(H,18,22)(H,19,20,23). The van der Waals surface area contributed by atoms with Crippen molar-refractivity contribution in [3.8, 4) is 0 Å². The van der Waals surface area contributed by atoms with Crippen molar-refractivity contribution < 1.29 is 4.79 Å². The molecule has 24 heavy (non-hydrogen) atoms. The van der Waals surface area contributed by atoms with Gasteiger partial charge in [0.25, 0.3) is 0 Å². The van der Waals surface area contributed by atoms with Crippen LogP contribution in [0.15, 0.2) is 23.0 Å². The highest BCUT2D eigenvalue weighted by molar-refractivity contribution is 7.16. The number of carbonyl (C=O) groups excluding carboxylic acids is 1. The molecule has 2 aromatic rings. The lowest BCUT2D eigenvalue weighted by atomic mass is 9.93. The number of pyridine rings is 1. The van der Waals surface area contributed by atoms with E-state index in [1.807, 2.05) is 0 Å². The highest BCUT2D eigenvalue weighted by atomic mass is 32.1. The van der Waals surface area contributed by atoms with Crippen LogP contribution in [0.5, 0.6) is 0 Å². The summed E-state index contributed by atoms with van der Waals surface area (Å²) in [6, 6.07) is 4.64. The first-order valence-electron chi connectivity index (χ1n) is 7.91. The zero-order chi connectivity index (χ0) is 17.9. The molecule has 0 aliphatic carbocycles. The van der Waals surface area contributed by atoms with Crippen LogP contribution in [0, 0.1) is 0 Å². The van der Waals surface area contributed by atoms with Crippen molar-refractivity contribution >= 4 is 22.5 Å². The van der Waals surface area contributed by atoms with Crippen LogP contribution in [0.3, 0.4) is 0 Å². The third kappa shape index (κ3) is 4.44. The van der Waals surface area contributed by atoms with Crippen molar-refractivity contribution in [2.45, 2.75) is 46.1 Å². The fourth-order valence-electron chi connectivity index (χ4n) is 2.33. The Morgan fingerprint density at radius 2 is 2.08 bits per heavy atom. The van der Waals surface area contributed by atoms with Crippen molar-refractivity contribution in [2.75, 3.05) is 12.4 Å². The highest BCUT2D eigenvalue weighted by Gasteiger charge is 2.23. The minimum atomic E-state index is -0.253. The molecular weight excluding hydrogens is 324 g/mol. The molecule has 2 N–H and O–H groups in total. The largest absolute Gasteiger partial charge is 0.324 e. The number of aromatic nitrogens is 2. The van der Waals surface area contributed by atoms with Gasteiger partial charge in [-0.2, -0.15) is 0 Å². The number of hydrogen-bond acceptors (Lipinski definition) is 4. The lowest BCUT2D eigenvalue weighted by molar-refractivity contribution is 0.220. The molecule has 6 nitrogen and oxygen atoms in total. The second-order valence-corrected chi connectivity index (χ2v) is 7.72. The number of nitrogens with zero attached hydrogens (tertiary/aromatic N) is 2. The molecule has 0 aliphatic heterocycles. The molecule has 0 aromatic carbocycles. The van der Waals surface area contributed by atoms with Crippen LogP contribution in [0.2, 0.25) is 0 Å². The molecule has 0 saturated carbocycles. The summed E-state index contributed by atoms with van der Waals surface area (Å²) in [4.78, 5) is 33.6. The normalized spacial score (nSPS) is 11.4. The molecule has 0 spiro atoms. The van der Waals surface area contributed by atoms with Crippen LogP contribution in [0.25, 0.3) is 0 Å². The molecule has 2 heterocycles. The summed E-state index contributed by atoms with van der Waals surface area (Å²) < 4.78 is 0. The molecule has 2 rings (SSSR count). The van der Waals surface area contributed by atoms with E-state index in [2.05, 4.69) is 43.0 Å². The number of thiazole rings is 1. The Morgan fingerprint density at radius 3 is 2.62 bits per heavy atom. The first-order chi connectivity index (χ1) is 11.2. The van der Waals surface area contributed by atoms with Gasteiger partial charge in [-0.3, -0.25) is 10.1 Å². The number of hydrogen-bond donors (Lipinski definition) is 2. The Balaban J connectivity index is 2.09. The molecule has 0 saturated heterocycles. The van der Waals surface area contributed by atoms with Gasteiger partial charge in [-0.1, -0.05) is 33.8 Å². The van der Waals surface area contributed by atoms with Gasteiger partial charge in [0, 0.05) is 23.7 Å². The molecule has 0 aliphatic rings. The zero-order valence-electron chi connectivity index (χ0n) is 14.8. The lowest BCUT2D eigenvalue weighted by Crippen LogP contribution is -2.31. The summed E-state index contributed by atoms with van der Waals surface area (Å²) in [6.45, 7) is 8.81. The van der Waals surface area contributed by atoms with E-state index in [9.17, 15) is 9.59 Å². The van der Waals surface area contributed by atoms with E-state index < -0.39 is 0 Å². The fourth-order valence-corrected chi connectivity index (χ4v) is 3.43. The highest BCUT2D eigenvalue weighted by Crippen LogP contribution is 2.34. The van der Waals surface area contributed by atoms with Gasteiger partial charge in [-0.15, -0.1) is 11.3 Å². The van der Waals surface area contributed by atoms with Crippen LogP contribution in [-0.4, -0.2) is 27.9 Å². The Labute approximate surface area is 145 Å². The Bertz CT molecular complexity index is 773. The van der Waals surface area contributed by atoms with Gasteiger partial charge in [-0.05, 0) is 17.9 Å². The molecule has 130 valence electrons. The number of H-pyrrole nitrogens is 1. The summed E-state index contributed by atoms with van der Waals surface area (Å²) >= 11 is 1.52. The van der Waals surface area contributed by atoms with E-state index in [0.717, 1.165) is 12.1 Å². The van der Waals surface area contributed by atoms with Gasteiger partial charge in [0.05, 0.1) is 12.2 Å². The average Bonchev–Trinajstić information content (AvgIpc) is 2.90. The van der Waals surface area contributed by atoms with Gasteiger partial charge in [0.15, 0.2) is 5.13 Å². The maximum absolute atomic E-state index is 12.3. The number of amides is 2. The molecular formula is C17H24N4O2S. The predicted molar refractivity (Wildman–Crippen MR) is 97.7 cm³/mol. The third-order valence-electron chi connectivity index (χ3n) is 3.51. The average molecular weight is 348 g/mol. The van der Waals surface area contributed by atoms with E-state index in [0.29, 0.717) is 17.4 Å². The number of anilines is 1. The topological polar surface area (TPSA) is 78.1 Å². The molecule has 0 unspecified atom stereocenters. The van der Waals surface area contributed by atoms with Gasteiger partial charge >= 0.3 is 6.03 Å². The summed E-state index contributed by atoms with van der Waals surface area (Å²) in [5.74, 6) is 0. The molecule has 0 atom stereocenters. The van der Waals surface area contributed by atoms with Crippen molar-refractivity contribution in [3.05, 3.63) is 44.8 Å². The minimum Gasteiger partial charge on any atom is -0.324 e. The van der Waals surface area contributed by atoms with Gasteiger partial charge in [0.2, 0.25) is 5.56 Å². The quantitative estimate of drug-likeness (QED) is 0.889. The van der Waals surface area contributed by atoms with Crippen LogP contribution >= 0.6 is 11.3 Å². The molecule has 0 bridgehead atoms. The first-order valence-corrected chi connectivity index (χ1v) is 8.73. The Hall–Kier alpha value is -2.15. The van der Waals surface area contributed by atoms with Crippen LogP contribution < -0.4 is 10.9 Å². The van der Waals surface area contributed by atoms with E-state index in [-0.39, 0.29) is 17.0 Å². The molecule has 2 amide bonds. The Kier molecular flexibility index (Phi) is 5.43. The first kappa shape index (κ1) is 18.2. The number of urea groups is 1. The van der Waals surface area contributed by atoms with E-state index in [4.69, 9.17) is 0 Å². The molecule has 2 aromatic heterocycles. The number of nitrogens with one attached hydrogen (secondary N) is 2. The fraction of sp³-hybridized carbons (Fsp3) is 0.471. The molecule has 0 fully saturated rings. The maximum Gasteiger partial charge on any atom is 0.323 e. The lowest BCUT2D eigenvalue weighted by Gasteiger charge is -2.17. The van der Waals surface area contributed by atoms with E-state index in [1.165, 1.54) is 27.2 Å². The summed E-state index contributed by atoms with van der Waals surface area (Å²) in [5.41, 5.74) is 1.53. The van der Waals surface area contributed by atoms with Crippen molar-refractivity contribution in [3.63, 3.8) is 0 Å². The smallest absolute Gasteiger partial charge is 0.323 e. The second-order valence-electron chi connectivity index (χ2n) is 6.72. The summed E-state index contributed by atoms with van der Waals surface area (Å²) in [6.07, 6.45) is 0.833. The van der Waals surface area contributed by atoms with Crippen molar-refractivity contribution in [2.24, 2.45) is 0 Å². The van der Waals surface area contributed by atoms with Gasteiger partial charge in [0.1, 0.15) is 0 Å². The third-order valence-corrected chi connectivity index (χ3v) is 4.95. The molecule has 7 heteroatoms. The molecule has 0 radical (unpaired) electrons. The van der Waals surface area contributed by atoms with Crippen molar-refractivity contribution in [1.82, 2.24) is 14.9 Å². The Morgan fingerprint density at radius 1 is 1.38 bits per heavy atom. The maximum atomic E-state index is 12.3. The zero-order valence-corrected chi connectivity index (χ0v) is 15.6. The number of rotatable bonds is 4. The summed E-state index contributed by atoms with van der Waals surface area (Å²) in [5, 5.41) is 3.45. The van der Waals surface area contributed by atoms with E-state index >= 15 is 0 Å². The summed E-state index contributed by atoms with van der Waals surface area (Å²) in [7, 11) is 1.68. The predicted octanol–water partition coefficient (Wildman–Crippen LogP) is 3.36. The number of aromatic amines is 1. The number of carbonyl (C=O) groups is 1. The van der Waals surface area contributed by atoms with Gasteiger partial charge < -0.3 is 9.88 Å². The van der Waals surface area contributed by atoms with Crippen LogP contribution in [-0.2, 0) is 18.4 Å². The monoisotopic (exact) mass is 348 g/mol.